The van der Waals surface area contributed by atoms with Gasteiger partial charge in [-0.3, -0.25) is 13.9 Å². The molecule has 1 saturated carbocycles. The van der Waals surface area contributed by atoms with Crippen molar-refractivity contribution in [1.82, 2.24) is 24.6 Å². The first-order chi connectivity index (χ1) is 16.5. The smallest absolute Gasteiger partial charge is 0.323 e. The van der Waals surface area contributed by atoms with Crippen LogP contribution in [0.5, 0.6) is 0 Å². The van der Waals surface area contributed by atoms with Gasteiger partial charge in [0, 0.05) is 18.4 Å². The van der Waals surface area contributed by atoms with Crippen molar-refractivity contribution < 1.29 is 27.7 Å². The van der Waals surface area contributed by atoms with Crippen LogP contribution < -0.4 is 16.1 Å². The van der Waals surface area contributed by atoms with Crippen molar-refractivity contribution in [3.63, 3.8) is 0 Å². The Morgan fingerprint density at radius 2 is 2.14 bits per heavy atom. The first-order valence-electron chi connectivity index (χ1n) is 11.8. The van der Waals surface area contributed by atoms with Crippen LogP contribution in [0.15, 0.2) is 6.33 Å². The van der Waals surface area contributed by atoms with Crippen molar-refractivity contribution in [1.29, 1.82) is 0 Å². The molecule has 2 aliphatic rings. The number of hydrogen-bond acceptors (Lipinski definition) is 10. The van der Waals surface area contributed by atoms with E-state index in [0.717, 1.165) is 19.3 Å². The van der Waals surface area contributed by atoms with E-state index in [1.807, 2.05) is 6.92 Å². The maximum absolute atomic E-state index is 15.5. The maximum atomic E-state index is 15.5. The Kier molecular flexibility index (Phi) is 7.60. The standard InChI is InChI=1S/C21H33FN7O5P/c1-11(2)33-19(30)13(4)28-35(31)32-9-21(22)8-12(3)18(34-21)29-10-24-15-16(25-14-6-5-7-14)26-20(23)27-17(15)29/h10-14,18,35H,5-9H2,1-4H3,(H,28,31)(H3,23,25,26,27)/t12-,13-,18+,21-/m0/s1. The molecule has 1 aliphatic heterocycles. The van der Waals surface area contributed by atoms with Crippen LogP contribution in [0.1, 0.15) is 59.6 Å². The van der Waals surface area contributed by atoms with Gasteiger partial charge in [-0.15, -0.1) is 0 Å². The number of rotatable bonds is 10. The lowest BCUT2D eigenvalue weighted by atomic mass is 9.93. The minimum atomic E-state index is -2.92. The summed E-state index contributed by atoms with van der Waals surface area (Å²) >= 11 is 0. The summed E-state index contributed by atoms with van der Waals surface area (Å²) in [7, 11) is -2.92. The lowest BCUT2D eigenvalue weighted by Gasteiger charge is -2.27. The molecular weight excluding hydrogens is 480 g/mol. The molecule has 0 bridgehead atoms. The molecule has 5 atom stereocenters. The summed E-state index contributed by atoms with van der Waals surface area (Å²) in [5.41, 5.74) is 6.91. The van der Waals surface area contributed by atoms with E-state index in [2.05, 4.69) is 25.4 Å². The van der Waals surface area contributed by atoms with E-state index in [-0.39, 0.29) is 24.4 Å². The maximum Gasteiger partial charge on any atom is 0.323 e. The average Bonchev–Trinajstić information content (AvgIpc) is 3.28. The molecule has 0 amide bonds. The second kappa shape index (κ2) is 10.3. The van der Waals surface area contributed by atoms with Crippen LogP contribution in [0, 0.1) is 5.92 Å². The zero-order valence-corrected chi connectivity index (χ0v) is 21.3. The van der Waals surface area contributed by atoms with Gasteiger partial charge in [-0.05, 0) is 40.0 Å². The van der Waals surface area contributed by atoms with Crippen LogP contribution in [0.25, 0.3) is 11.2 Å². The molecule has 1 unspecified atom stereocenters. The second-order valence-electron chi connectivity index (χ2n) is 9.53. The van der Waals surface area contributed by atoms with Gasteiger partial charge in [-0.1, -0.05) is 6.92 Å². The Bertz CT molecular complexity index is 1100. The van der Waals surface area contributed by atoms with Crippen molar-refractivity contribution >= 4 is 37.1 Å². The average molecular weight is 514 g/mol. The number of hydrogen-bond donors (Lipinski definition) is 3. The molecule has 4 N–H and O–H groups in total. The molecule has 2 aromatic rings. The van der Waals surface area contributed by atoms with E-state index < -0.39 is 38.9 Å². The number of nitrogens with one attached hydrogen (secondary N) is 2. The third-order valence-electron chi connectivity index (χ3n) is 6.06. The minimum absolute atomic E-state index is 0.00514. The van der Waals surface area contributed by atoms with Gasteiger partial charge in [-0.25, -0.2) is 14.5 Å². The van der Waals surface area contributed by atoms with Gasteiger partial charge in [-0.2, -0.15) is 9.97 Å². The van der Waals surface area contributed by atoms with E-state index in [4.69, 9.17) is 19.7 Å². The number of nitrogens with zero attached hydrogens (tertiary/aromatic N) is 4. The number of aromatic nitrogens is 4. The van der Waals surface area contributed by atoms with Gasteiger partial charge in [0.25, 0.3) is 8.18 Å². The van der Waals surface area contributed by atoms with Gasteiger partial charge < -0.3 is 25.0 Å². The number of imidazole rings is 1. The lowest BCUT2D eigenvalue weighted by molar-refractivity contribution is -0.172. The fourth-order valence-electron chi connectivity index (χ4n) is 4.14. The molecule has 1 aliphatic carbocycles. The molecule has 12 nitrogen and oxygen atoms in total. The summed E-state index contributed by atoms with van der Waals surface area (Å²) in [6, 6.07) is -0.540. The van der Waals surface area contributed by atoms with Crippen molar-refractivity contribution in [2.24, 2.45) is 5.92 Å². The van der Waals surface area contributed by atoms with E-state index in [9.17, 15) is 9.36 Å². The van der Waals surface area contributed by atoms with Crippen LogP contribution in [0.3, 0.4) is 0 Å². The Balaban J connectivity index is 1.41. The third kappa shape index (κ3) is 5.91. The highest BCUT2D eigenvalue weighted by Gasteiger charge is 2.47. The molecular formula is C21H33FN7O5P. The van der Waals surface area contributed by atoms with E-state index in [1.54, 1.807) is 18.4 Å². The number of fused-ring (bicyclic) bond motifs is 1. The summed E-state index contributed by atoms with van der Waals surface area (Å²) in [6.07, 6.45) is 3.76. The molecule has 35 heavy (non-hydrogen) atoms. The Morgan fingerprint density at radius 3 is 2.80 bits per heavy atom. The molecule has 0 aromatic carbocycles. The van der Waals surface area contributed by atoms with Crippen molar-refractivity contribution in [3.05, 3.63) is 6.33 Å². The van der Waals surface area contributed by atoms with E-state index in [0.29, 0.717) is 23.0 Å². The molecule has 4 rings (SSSR count). The molecule has 0 radical (unpaired) electrons. The van der Waals surface area contributed by atoms with Crippen molar-refractivity contribution in [2.45, 2.75) is 83.6 Å². The quantitative estimate of drug-likeness (QED) is 0.317. The number of alkyl halides is 1. The lowest BCUT2D eigenvalue weighted by Crippen LogP contribution is -2.34. The fraction of sp³-hybridized carbons (Fsp3) is 0.714. The highest BCUT2D eigenvalue weighted by atomic mass is 31.1. The van der Waals surface area contributed by atoms with Crippen molar-refractivity contribution in [3.8, 4) is 0 Å². The summed E-state index contributed by atoms with van der Waals surface area (Å²) in [5, 5.41) is 5.86. The van der Waals surface area contributed by atoms with Crippen LogP contribution in [0.4, 0.5) is 16.2 Å². The number of anilines is 2. The number of ether oxygens (including phenoxy) is 2. The minimum Gasteiger partial charge on any atom is -0.462 e. The number of halogens is 1. The largest absolute Gasteiger partial charge is 0.462 e. The number of nitrogens with two attached hydrogens (primary N) is 1. The number of carbonyl (C=O) groups is 1. The monoisotopic (exact) mass is 513 g/mol. The highest BCUT2D eigenvalue weighted by Crippen LogP contribution is 2.44. The van der Waals surface area contributed by atoms with Crippen LogP contribution in [-0.4, -0.2) is 56.1 Å². The highest BCUT2D eigenvalue weighted by molar-refractivity contribution is 7.36. The Labute approximate surface area is 203 Å². The Hall–Kier alpha value is -2.34. The first kappa shape index (κ1) is 25.7. The summed E-state index contributed by atoms with van der Waals surface area (Å²) < 4.78 is 45.4. The van der Waals surface area contributed by atoms with Gasteiger partial charge >= 0.3 is 5.97 Å². The summed E-state index contributed by atoms with van der Waals surface area (Å²) in [6.45, 7) is 6.19. The predicted octanol–water partition coefficient (Wildman–Crippen LogP) is 2.93. The van der Waals surface area contributed by atoms with Gasteiger partial charge in [0.2, 0.25) is 11.8 Å². The molecule has 194 valence electrons. The van der Waals surface area contributed by atoms with E-state index >= 15 is 4.39 Å². The zero-order valence-electron chi connectivity index (χ0n) is 20.3. The van der Waals surface area contributed by atoms with E-state index in [1.165, 1.54) is 13.3 Å². The normalized spacial score (nSPS) is 26.6. The zero-order chi connectivity index (χ0) is 25.3. The molecule has 3 heterocycles. The molecule has 2 aromatic heterocycles. The molecule has 2 fully saturated rings. The Morgan fingerprint density at radius 1 is 1.40 bits per heavy atom. The summed E-state index contributed by atoms with van der Waals surface area (Å²) in [4.78, 5) is 24.9. The van der Waals surface area contributed by atoms with Crippen molar-refractivity contribution in [2.75, 3.05) is 17.7 Å². The SMILES string of the molecule is CC(C)OC(=O)[C@H](C)N[PH](=O)OC[C@]1(F)C[C@H](C)[C@H](n2cnc3c(NC4CCC4)nc(N)nc32)O1. The molecule has 0 spiro atoms. The van der Waals surface area contributed by atoms with Gasteiger partial charge in [0.15, 0.2) is 17.0 Å². The summed E-state index contributed by atoms with van der Waals surface area (Å²) in [5.74, 6) is -2.39. The van der Waals surface area contributed by atoms with Gasteiger partial charge in [0.05, 0.1) is 12.4 Å². The third-order valence-corrected chi connectivity index (χ3v) is 7.14. The first-order valence-corrected chi connectivity index (χ1v) is 13.1. The number of carbonyl (C=O) groups excluding carboxylic acids is 1. The predicted molar refractivity (Wildman–Crippen MR) is 128 cm³/mol. The number of esters is 1. The fourth-order valence-corrected chi connectivity index (χ4v) is 5.04. The van der Waals surface area contributed by atoms with Crippen LogP contribution in [-0.2, 0) is 23.4 Å². The van der Waals surface area contributed by atoms with Crippen LogP contribution in [0.2, 0.25) is 0 Å². The molecule has 14 heteroatoms. The molecule has 1 saturated heterocycles. The number of nitrogen functional groups attached to an aromatic ring is 1. The topological polar surface area (TPSA) is 156 Å². The van der Waals surface area contributed by atoms with Crippen LogP contribution >= 0.6 is 8.18 Å². The van der Waals surface area contributed by atoms with Gasteiger partial charge in [0.1, 0.15) is 18.9 Å². The second-order valence-corrected chi connectivity index (χ2v) is 10.7.